The average Bonchev–Trinajstić information content (AvgIpc) is 2.65. The number of aliphatic carboxylic acids is 1. The van der Waals surface area contributed by atoms with Gasteiger partial charge in [0, 0.05) is 17.9 Å². The molecule has 3 rings (SSSR count). The Balaban J connectivity index is 1.52. The van der Waals surface area contributed by atoms with E-state index < -0.39 is 5.97 Å². The van der Waals surface area contributed by atoms with Crippen molar-refractivity contribution in [2.45, 2.75) is 38.6 Å². The van der Waals surface area contributed by atoms with Gasteiger partial charge < -0.3 is 20.5 Å². The second kappa shape index (κ2) is 8.53. The molecule has 0 unspecified atom stereocenters. The zero-order valence-corrected chi connectivity index (χ0v) is 15.1. The van der Waals surface area contributed by atoms with Crippen LogP contribution in [0.5, 0.6) is 11.5 Å². The Bertz CT molecular complexity index is 802. The maximum absolute atomic E-state index is 12.2. The molecule has 0 atom stereocenters. The topological polar surface area (TPSA) is 101 Å². The van der Waals surface area contributed by atoms with Crippen molar-refractivity contribution in [3.63, 3.8) is 0 Å². The molecule has 2 amide bonds. The normalized spacial score (nSPS) is 19.1. The predicted molar refractivity (Wildman–Crippen MR) is 101 cm³/mol. The Morgan fingerprint density at radius 2 is 1.96 bits per heavy atom. The van der Waals surface area contributed by atoms with Crippen LogP contribution in [0.1, 0.15) is 31.2 Å². The Morgan fingerprint density at radius 3 is 2.59 bits per heavy atom. The third kappa shape index (κ3) is 5.20. The second-order valence-electron chi connectivity index (χ2n) is 6.76. The number of hydrogen-bond donors (Lipinski definition) is 3. The largest absolute Gasteiger partial charge is 0.481 e. The number of nitrogens with one attached hydrogen (secondary N) is 2. The number of hydrogen-bond acceptors (Lipinski definition) is 4. The third-order valence-corrected chi connectivity index (χ3v) is 4.71. The lowest BCUT2D eigenvalue weighted by Crippen LogP contribution is -2.40. The molecule has 7 nitrogen and oxygen atoms in total. The van der Waals surface area contributed by atoms with Gasteiger partial charge in [-0.05, 0) is 68.5 Å². The number of ether oxygens (including phenoxy) is 1. The lowest BCUT2D eigenvalue weighted by molar-refractivity contribution is -0.142. The van der Waals surface area contributed by atoms with E-state index in [0.29, 0.717) is 42.9 Å². The van der Waals surface area contributed by atoms with Crippen molar-refractivity contribution < 1.29 is 19.4 Å². The second-order valence-corrected chi connectivity index (χ2v) is 6.76. The quantitative estimate of drug-likeness (QED) is 0.741. The van der Waals surface area contributed by atoms with Crippen LogP contribution >= 0.6 is 0 Å². The summed E-state index contributed by atoms with van der Waals surface area (Å²) in [7, 11) is 0. The highest BCUT2D eigenvalue weighted by molar-refractivity contribution is 5.89. The van der Waals surface area contributed by atoms with Gasteiger partial charge in [-0.1, -0.05) is 0 Å². The lowest BCUT2D eigenvalue weighted by atomic mass is 9.86. The number of rotatable bonds is 5. The smallest absolute Gasteiger partial charge is 0.319 e. The summed E-state index contributed by atoms with van der Waals surface area (Å²) < 4.78 is 5.78. The third-order valence-electron chi connectivity index (χ3n) is 4.71. The summed E-state index contributed by atoms with van der Waals surface area (Å²) in [5.74, 6) is 0.306. The monoisotopic (exact) mass is 369 g/mol. The van der Waals surface area contributed by atoms with Crippen LogP contribution in [-0.2, 0) is 4.79 Å². The van der Waals surface area contributed by atoms with Crippen molar-refractivity contribution in [3.05, 3.63) is 48.3 Å². The average molecular weight is 369 g/mol. The van der Waals surface area contributed by atoms with Gasteiger partial charge >= 0.3 is 12.0 Å². The van der Waals surface area contributed by atoms with Crippen LogP contribution < -0.4 is 15.4 Å². The number of carboxylic acids is 1. The Kier molecular flexibility index (Phi) is 5.90. The van der Waals surface area contributed by atoms with Crippen LogP contribution in [-0.4, -0.2) is 28.1 Å². The van der Waals surface area contributed by atoms with Crippen molar-refractivity contribution in [1.82, 2.24) is 10.3 Å². The highest BCUT2D eigenvalue weighted by Gasteiger charge is 2.26. The lowest BCUT2D eigenvalue weighted by Gasteiger charge is -2.26. The number of carbonyl (C=O) groups is 2. The van der Waals surface area contributed by atoms with Crippen molar-refractivity contribution in [2.24, 2.45) is 5.92 Å². The molecule has 0 aliphatic heterocycles. The van der Waals surface area contributed by atoms with E-state index in [-0.39, 0.29) is 18.0 Å². The summed E-state index contributed by atoms with van der Waals surface area (Å²) in [4.78, 5) is 27.2. The number of carbonyl (C=O) groups excluding carboxylic acids is 1. The number of amides is 2. The highest BCUT2D eigenvalue weighted by Crippen LogP contribution is 2.27. The molecule has 1 heterocycles. The minimum Gasteiger partial charge on any atom is -0.481 e. The number of anilines is 1. The number of aromatic nitrogens is 1. The number of carboxylic acid groups (broad SMARTS) is 1. The molecule has 0 bridgehead atoms. The molecule has 3 N–H and O–H groups in total. The van der Waals surface area contributed by atoms with Crippen LogP contribution in [0.15, 0.2) is 42.7 Å². The first-order valence-corrected chi connectivity index (χ1v) is 9.00. The molecule has 0 spiro atoms. The molecule has 0 radical (unpaired) electrons. The van der Waals surface area contributed by atoms with Crippen molar-refractivity contribution in [3.8, 4) is 11.5 Å². The van der Waals surface area contributed by atoms with Crippen molar-refractivity contribution in [1.29, 1.82) is 0 Å². The fourth-order valence-electron chi connectivity index (χ4n) is 3.21. The Hall–Kier alpha value is -3.09. The van der Waals surface area contributed by atoms with Crippen LogP contribution in [0.2, 0.25) is 0 Å². The van der Waals surface area contributed by atoms with Crippen molar-refractivity contribution >= 4 is 17.7 Å². The number of benzene rings is 1. The van der Waals surface area contributed by atoms with E-state index in [1.54, 1.807) is 30.6 Å². The summed E-state index contributed by atoms with van der Waals surface area (Å²) >= 11 is 0. The van der Waals surface area contributed by atoms with E-state index in [1.165, 1.54) is 0 Å². The zero-order chi connectivity index (χ0) is 19.2. The van der Waals surface area contributed by atoms with Crippen molar-refractivity contribution in [2.75, 3.05) is 5.32 Å². The minimum absolute atomic E-state index is 0.00915. The number of nitrogens with zero attached hydrogens (tertiary/aromatic N) is 1. The van der Waals surface area contributed by atoms with E-state index in [9.17, 15) is 9.59 Å². The van der Waals surface area contributed by atoms with Gasteiger partial charge in [0.15, 0.2) is 0 Å². The molecular weight excluding hydrogens is 346 g/mol. The molecule has 2 aromatic rings. The molecule has 1 saturated carbocycles. The predicted octanol–water partition coefficient (Wildman–Crippen LogP) is 3.95. The molecular formula is C20H23N3O4. The fraction of sp³-hybridized carbons (Fsp3) is 0.350. The highest BCUT2D eigenvalue weighted by atomic mass is 16.5. The van der Waals surface area contributed by atoms with E-state index in [4.69, 9.17) is 9.84 Å². The summed E-state index contributed by atoms with van der Waals surface area (Å²) in [6, 6.07) is 8.77. The van der Waals surface area contributed by atoms with E-state index in [1.807, 2.05) is 19.1 Å². The zero-order valence-electron chi connectivity index (χ0n) is 15.1. The van der Waals surface area contributed by atoms with Gasteiger partial charge in [0.25, 0.3) is 0 Å². The molecule has 1 aromatic carbocycles. The Labute approximate surface area is 157 Å². The standard InChI is InChI=1S/C20H23N3O4/c1-13-11-16(8-9-18(13)27-17-3-2-10-21-12-17)23-20(26)22-15-6-4-14(5-7-15)19(24)25/h2-3,8-12,14-15H,4-7H2,1H3,(H,24,25)(H2,22,23,26). The summed E-state index contributed by atoms with van der Waals surface area (Å²) in [6.07, 6.45) is 5.87. The molecule has 27 heavy (non-hydrogen) atoms. The Morgan fingerprint density at radius 1 is 1.19 bits per heavy atom. The number of aryl methyl sites for hydroxylation is 1. The summed E-state index contributed by atoms with van der Waals surface area (Å²) in [5.41, 5.74) is 1.56. The number of pyridine rings is 1. The minimum atomic E-state index is -0.748. The van der Waals surface area contributed by atoms with E-state index in [2.05, 4.69) is 15.6 Å². The fourth-order valence-corrected chi connectivity index (χ4v) is 3.21. The van der Waals surface area contributed by atoms with Gasteiger partial charge in [0.1, 0.15) is 11.5 Å². The number of urea groups is 1. The molecule has 1 aromatic heterocycles. The maximum Gasteiger partial charge on any atom is 0.319 e. The van der Waals surface area contributed by atoms with Gasteiger partial charge in [-0.25, -0.2) is 4.79 Å². The molecule has 142 valence electrons. The SMILES string of the molecule is Cc1cc(NC(=O)NC2CCC(C(=O)O)CC2)ccc1Oc1cccnc1. The molecule has 0 saturated heterocycles. The molecule has 1 fully saturated rings. The molecule has 1 aliphatic carbocycles. The van der Waals surface area contributed by atoms with E-state index in [0.717, 1.165) is 5.56 Å². The maximum atomic E-state index is 12.2. The summed E-state index contributed by atoms with van der Waals surface area (Å²) in [6.45, 7) is 1.90. The van der Waals surface area contributed by atoms with Crippen LogP contribution in [0.4, 0.5) is 10.5 Å². The summed E-state index contributed by atoms with van der Waals surface area (Å²) in [5, 5.41) is 14.8. The molecule has 7 heteroatoms. The first-order valence-electron chi connectivity index (χ1n) is 9.00. The van der Waals surface area contributed by atoms with Gasteiger partial charge in [-0.3, -0.25) is 9.78 Å². The van der Waals surface area contributed by atoms with Crippen LogP contribution in [0, 0.1) is 12.8 Å². The molecule has 1 aliphatic rings. The van der Waals surface area contributed by atoms with Gasteiger partial charge in [0.05, 0.1) is 12.1 Å². The van der Waals surface area contributed by atoms with Gasteiger partial charge in [0.2, 0.25) is 0 Å². The van der Waals surface area contributed by atoms with Crippen LogP contribution in [0.3, 0.4) is 0 Å². The van der Waals surface area contributed by atoms with E-state index >= 15 is 0 Å². The first-order chi connectivity index (χ1) is 13.0. The first kappa shape index (κ1) is 18.7. The van der Waals surface area contributed by atoms with Crippen LogP contribution in [0.25, 0.3) is 0 Å². The van der Waals surface area contributed by atoms with Gasteiger partial charge in [-0.2, -0.15) is 0 Å². The van der Waals surface area contributed by atoms with Gasteiger partial charge in [-0.15, -0.1) is 0 Å².